The van der Waals surface area contributed by atoms with E-state index < -0.39 is 0 Å². The third-order valence-corrected chi connectivity index (χ3v) is 2.97. The Morgan fingerprint density at radius 2 is 1.70 bits per heavy atom. The molecule has 2 N–H and O–H groups in total. The summed E-state index contributed by atoms with van der Waals surface area (Å²) < 4.78 is 0. The average Bonchev–Trinajstić information content (AvgIpc) is 1.54. The summed E-state index contributed by atoms with van der Waals surface area (Å²) in [5.41, 5.74) is 6.87. The van der Waals surface area contributed by atoms with Crippen molar-refractivity contribution in [2.45, 2.75) is 44.6 Å². The van der Waals surface area contributed by atoms with Gasteiger partial charge in [0.25, 0.3) is 0 Å². The van der Waals surface area contributed by atoms with Crippen LogP contribution in [-0.4, -0.2) is 5.54 Å². The van der Waals surface area contributed by atoms with E-state index in [2.05, 4.69) is 6.92 Å². The van der Waals surface area contributed by atoms with E-state index in [1.807, 2.05) is 0 Å². The largest absolute Gasteiger partial charge is 0.325 e. The van der Waals surface area contributed by atoms with Gasteiger partial charge in [-0.25, -0.2) is 0 Å². The topological polar surface area (TPSA) is 26.0 Å². The standard InChI is InChI=1S/C8H15N.ClH/c1-7(9)5-8(6-7)3-2-4-8;/h2-6,9H2,1H3;1H. The van der Waals surface area contributed by atoms with Crippen LogP contribution in [0.15, 0.2) is 0 Å². The Morgan fingerprint density at radius 3 is 1.80 bits per heavy atom. The second-order valence-corrected chi connectivity index (χ2v) is 4.36. The van der Waals surface area contributed by atoms with E-state index in [0.717, 1.165) is 5.41 Å². The quantitative estimate of drug-likeness (QED) is 0.579. The molecule has 0 unspecified atom stereocenters. The zero-order valence-electron chi connectivity index (χ0n) is 6.52. The lowest BCUT2D eigenvalue weighted by Gasteiger charge is -2.58. The number of nitrogens with two attached hydrogens (primary N) is 1. The van der Waals surface area contributed by atoms with Crippen molar-refractivity contribution >= 4 is 12.4 Å². The summed E-state index contributed by atoms with van der Waals surface area (Å²) in [6.45, 7) is 2.18. The van der Waals surface area contributed by atoms with E-state index in [-0.39, 0.29) is 17.9 Å². The van der Waals surface area contributed by atoms with Gasteiger partial charge < -0.3 is 5.73 Å². The van der Waals surface area contributed by atoms with E-state index in [1.165, 1.54) is 32.1 Å². The molecule has 0 saturated heterocycles. The van der Waals surface area contributed by atoms with E-state index in [1.54, 1.807) is 0 Å². The molecular weight excluding hydrogens is 146 g/mol. The summed E-state index contributed by atoms with van der Waals surface area (Å²) in [6.07, 6.45) is 6.95. The van der Waals surface area contributed by atoms with Crippen LogP contribution in [0.1, 0.15) is 39.0 Å². The van der Waals surface area contributed by atoms with Gasteiger partial charge in [-0.1, -0.05) is 6.42 Å². The highest BCUT2D eigenvalue weighted by Gasteiger charge is 2.52. The summed E-state index contributed by atoms with van der Waals surface area (Å²) in [7, 11) is 0. The van der Waals surface area contributed by atoms with Crippen molar-refractivity contribution in [3.8, 4) is 0 Å². The normalized spacial score (nSPS) is 31.8. The second-order valence-electron chi connectivity index (χ2n) is 4.36. The molecule has 0 atom stereocenters. The van der Waals surface area contributed by atoms with Crippen LogP contribution in [0, 0.1) is 5.41 Å². The van der Waals surface area contributed by atoms with Crippen LogP contribution in [0.4, 0.5) is 0 Å². The zero-order valence-corrected chi connectivity index (χ0v) is 7.34. The van der Waals surface area contributed by atoms with Crippen molar-refractivity contribution in [3.63, 3.8) is 0 Å². The van der Waals surface area contributed by atoms with Gasteiger partial charge in [0.05, 0.1) is 0 Å². The van der Waals surface area contributed by atoms with Crippen LogP contribution in [0.25, 0.3) is 0 Å². The maximum Gasteiger partial charge on any atom is 0.0136 e. The Hall–Kier alpha value is 0.250. The number of hydrogen-bond donors (Lipinski definition) is 1. The molecular formula is C8H16ClN. The Labute approximate surface area is 68.8 Å². The minimum absolute atomic E-state index is 0. The molecule has 1 nitrogen and oxygen atoms in total. The molecule has 0 aromatic rings. The highest BCUT2D eigenvalue weighted by Crippen LogP contribution is 2.59. The smallest absolute Gasteiger partial charge is 0.0136 e. The van der Waals surface area contributed by atoms with Gasteiger partial charge in [-0.05, 0) is 38.0 Å². The van der Waals surface area contributed by atoms with E-state index in [0.29, 0.717) is 0 Å². The monoisotopic (exact) mass is 161 g/mol. The maximum atomic E-state index is 5.91. The van der Waals surface area contributed by atoms with Gasteiger partial charge in [-0.2, -0.15) is 0 Å². The van der Waals surface area contributed by atoms with Crippen molar-refractivity contribution in [3.05, 3.63) is 0 Å². The molecule has 2 fully saturated rings. The van der Waals surface area contributed by atoms with Crippen molar-refractivity contribution in [1.82, 2.24) is 0 Å². The van der Waals surface area contributed by atoms with E-state index >= 15 is 0 Å². The lowest BCUT2D eigenvalue weighted by molar-refractivity contribution is -0.0343. The number of halogens is 1. The third kappa shape index (κ3) is 1.06. The van der Waals surface area contributed by atoms with Gasteiger partial charge in [0.1, 0.15) is 0 Å². The van der Waals surface area contributed by atoms with E-state index in [9.17, 15) is 0 Å². The van der Waals surface area contributed by atoms with Crippen molar-refractivity contribution < 1.29 is 0 Å². The Morgan fingerprint density at radius 1 is 1.20 bits per heavy atom. The summed E-state index contributed by atoms with van der Waals surface area (Å²) in [6, 6.07) is 0. The fourth-order valence-corrected chi connectivity index (χ4v) is 2.69. The van der Waals surface area contributed by atoms with Crippen LogP contribution in [-0.2, 0) is 0 Å². The number of hydrogen-bond acceptors (Lipinski definition) is 1. The minimum Gasteiger partial charge on any atom is -0.325 e. The maximum absolute atomic E-state index is 5.91. The molecule has 10 heavy (non-hydrogen) atoms. The molecule has 0 aromatic heterocycles. The predicted octanol–water partition coefficient (Wildman–Crippen LogP) is 2.09. The molecule has 2 aliphatic carbocycles. The average molecular weight is 162 g/mol. The molecule has 0 bridgehead atoms. The van der Waals surface area contributed by atoms with Crippen LogP contribution in [0.3, 0.4) is 0 Å². The molecule has 2 saturated carbocycles. The molecule has 2 rings (SSSR count). The first-order valence-corrected chi connectivity index (χ1v) is 3.91. The van der Waals surface area contributed by atoms with Crippen molar-refractivity contribution in [2.24, 2.45) is 11.1 Å². The SMILES string of the molecule is CC1(N)CC2(CCC2)C1.Cl. The first kappa shape index (κ1) is 8.35. The molecule has 2 heteroatoms. The van der Waals surface area contributed by atoms with Crippen LogP contribution in [0.5, 0.6) is 0 Å². The Bertz CT molecular complexity index is 128. The fraction of sp³-hybridized carbons (Fsp3) is 1.00. The van der Waals surface area contributed by atoms with Crippen LogP contribution >= 0.6 is 12.4 Å². The molecule has 0 radical (unpaired) electrons. The lowest BCUT2D eigenvalue weighted by atomic mass is 9.49. The van der Waals surface area contributed by atoms with E-state index in [4.69, 9.17) is 5.73 Å². The molecule has 0 heterocycles. The summed E-state index contributed by atoms with van der Waals surface area (Å²) >= 11 is 0. The summed E-state index contributed by atoms with van der Waals surface area (Å²) in [5, 5.41) is 0. The summed E-state index contributed by atoms with van der Waals surface area (Å²) in [5.74, 6) is 0. The van der Waals surface area contributed by atoms with Gasteiger partial charge in [0, 0.05) is 5.54 Å². The van der Waals surface area contributed by atoms with Crippen LogP contribution in [0.2, 0.25) is 0 Å². The lowest BCUT2D eigenvalue weighted by Crippen LogP contribution is -2.58. The van der Waals surface area contributed by atoms with Gasteiger partial charge in [-0.3, -0.25) is 0 Å². The Balaban J connectivity index is 0.000000500. The highest BCUT2D eigenvalue weighted by atomic mass is 35.5. The van der Waals surface area contributed by atoms with Gasteiger partial charge >= 0.3 is 0 Å². The predicted molar refractivity (Wildman–Crippen MR) is 45.4 cm³/mol. The molecule has 0 aliphatic heterocycles. The van der Waals surface area contributed by atoms with Gasteiger partial charge in [-0.15, -0.1) is 12.4 Å². The second kappa shape index (κ2) is 2.12. The number of rotatable bonds is 0. The van der Waals surface area contributed by atoms with Gasteiger partial charge in [0.2, 0.25) is 0 Å². The highest BCUT2D eigenvalue weighted by molar-refractivity contribution is 5.85. The molecule has 0 amide bonds. The van der Waals surface area contributed by atoms with Crippen molar-refractivity contribution in [2.75, 3.05) is 0 Å². The summed E-state index contributed by atoms with van der Waals surface area (Å²) in [4.78, 5) is 0. The molecule has 0 aromatic carbocycles. The zero-order chi connectivity index (χ0) is 6.54. The minimum atomic E-state index is 0. The molecule has 2 aliphatic rings. The first-order valence-electron chi connectivity index (χ1n) is 3.91. The fourth-order valence-electron chi connectivity index (χ4n) is 2.69. The van der Waals surface area contributed by atoms with Crippen LogP contribution < -0.4 is 5.73 Å². The van der Waals surface area contributed by atoms with Crippen molar-refractivity contribution in [1.29, 1.82) is 0 Å². The molecule has 60 valence electrons. The third-order valence-electron chi connectivity index (χ3n) is 2.97. The Kier molecular flexibility index (Phi) is 1.77. The molecule has 1 spiro atoms. The first-order chi connectivity index (χ1) is 4.12. The van der Waals surface area contributed by atoms with Gasteiger partial charge in [0.15, 0.2) is 0 Å².